The molecule has 0 aromatic carbocycles. The number of carboxylic acid groups (broad SMARTS) is 1. The molecule has 0 atom stereocenters. The number of aryl methyl sites for hydroxylation is 2. The number of carbonyl (C=O) groups excluding carboxylic acids is 1. The van der Waals surface area contributed by atoms with E-state index in [9.17, 15) is 9.59 Å². The number of rotatable bonds is 4. The molecule has 1 aliphatic heterocycles. The van der Waals surface area contributed by atoms with E-state index in [2.05, 4.69) is 15.4 Å². The molecule has 2 aromatic rings. The quantitative estimate of drug-likeness (QED) is 0.868. The summed E-state index contributed by atoms with van der Waals surface area (Å²) in [6, 6.07) is 2.02. The van der Waals surface area contributed by atoms with Gasteiger partial charge in [0.15, 0.2) is 5.13 Å². The van der Waals surface area contributed by atoms with Crippen LogP contribution in [0.3, 0.4) is 0 Å². The van der Waals surface area contributed by atoms with Crippen LogP contribution in [0.4, 0.5) is 5.13 Å². The number of carbonyl (C=O) groups is 2. The van der Waals surface area contributed by atoms with Crippen LogP contribution >= 0.6 is 11.3 Å². The summed E-state index contributed by atoms with van der Waals surface area (Å²) in [7, 11) is 0. The Morgan fingerprint density at radius 2 is 2.17 bits per heavy atom. The number of nitrogens with one attached hydrogen (secondary N) is 1. The monoisotopic (exact) mass is 335 g/mol. The Labute approximate surface area is 136 Å². The van der Waals surface area contributed by atoms with Gasteiger partial charge in [0.1, 0.15) is 4.88 Å². The van der Waals surface area contributed by atoms with E-state index < -0.39 is 5.97 Å². The molecule has 2 aromatic heterocycles. The highest BCUT2D eigenvalue weighted by atomic mass is 32.1. The van der Waals surface area contributed by atoms with Gasteiger partial charge in [0.25, 0.3) is 0 Å². The van der Waals surface area contributed by atoms with Crippen molar-refractivity contribution in [1.82, 2.24) is 19.7 Å². The highest BCUT2D eigenvalue weighted by Crippen LogP contribution is 2.22. The van der Waals surface area contributed by atoms with Gasteiger partial charge < -0.3 is 10.4 Å². The number of fused-ring (bicyclic) bond motifs is 1. The van der Waals surface area contributed by atoms with Gasteiger partial charge in [-0.05, 0) is 19.9 Å². The fourth-order valence-corrected chi connectivity index (χ4v) is 3.43. The zero-order chi connectivity index (χ0) is 16.6. The van der Waals surface area contributed by atoms with Crippen molar-refractivity contribution in [3.05, 3.63) is 28.0 Å². The molecule has 8 nitrogen and oxygen atoms in total. The number of aromatic carboxylic acids is 1. The molecule has 122 valence electrons. The second-order valence-electron chi connectivity index (χ2n) is 5.50. The first-order chi connectivity index (χ1) is 10.9. The number of carboxylic acids is 1. The number of anilines is 1. The molecule has 0 fully saturated rings. The van der Waals surface area contributed by atoms with Crippen LogP contribution in [-0.2, 0) is 17.9 Å². The second-order valence-corrected chi connectivity index (χ2v) is 6.50. The third kappa shape index (κ3) is 3.40. The third-order valence-corrected chi connectivity index (χ3v) is 4.66. The Morgan fingerprint density at radius 3 is 2.87 bits per heavy atom. The largest absolute Gasteiger partial charge is 0.477 e. The van der Waals surface area contributed by atoms with Crippen molar-refractivity contribution in [2.45, 2.75) is 26.9 Å². The lowest BCUT2D eigenvalue weighted by Gasteiger charge is -2.26. The number of thiazole rings is 1. The Balaban J connectivity index is 1.60. The van der Waals surface area contributed by atoms with Crippen molar-refractivity contribution in [3.63, 3.8) is 0 Å². The normalized spacial score (nSPS) is 14.5. The van der Waals surface area contributed by atoms with E-state index in [1.54, 1.807) is 6.92 Å². The van der Waals surface area contributed by atoms with Crippen molar-refractivity contribution in [3.8, 4) is 0 Å². The predicted octanol–water partition coefficient (Wildman–Crippen LogP) is 1.11. The summed E-state index contributed by atoms with van der Waals surface area (Å²) < 4.78 is 1.97. The number of hydrogen-bond donors (Lipinski definition) is 2. The summed E-state index contributed by atoms with van der Waals surface area (Å²) in [6.45, 7) is 5.99. The lowest BCUT2D eigenvalue weighted by atomic mass is 10.3. The molecule has 0 spiro atoms. The van der Waals surface area contributed by atoms with Gasteiger partial charge in [0.2, 0.25) is 5.91 Å². The van der Waals surface area contributed by atoms with E-state index in [1.807, 2.05) is 22.6 Å². The highest BCUT2D eigenvalue weighted by molar-refractivity contribution is 7.17. The summed E-state index contributed by atoms with van der Waals surface area (Å²) >= 11 is 0.975. The van der Waals surface area contributed by atoms with Crippen LogP contribution in [-0.4, -0.2) is 49.7 Å². The highest BCUT2D eigenvalue weighted by Gasteiger charge is 2.21. The zero-order valence-corrected chi connectivity index (χ0v) is 13.7. The minimum atomic E-state index is -1.03. The molecule has 0 radical (unpaired) electrons. The summed E-state index contributed by atoms with van der Waals surface area (Å²) in [5, 5.41) is 16.4. The van der Waals surface area contributed by atoms with Crippen LogP contribution < -0.4 is 5.32 Å². The van der Waals surface area contributed by atoms with Gasteiger partial charge in [-0.15, -0.1) is 0 Å². The molecule has 2 N–H and O–H groups in total. The molecule has 0 saturated carbocycles. The van der Waals surface area contributed by atoms with Gasteiger partial charge in [-0.1, -0.05) is 11.3 Å². The molecule has 1 aliphatic rings. The minimum absolute atomic E-state index is 0.151. The lowest BCUT2D eigenvalue weighted by Crippen LogP contribution is -2.39. The molecule has 3 rings (SSSR count). The summed E-state index contributed by atoms with van der Waals surface area (Å²) in [5.74, 6) is -1.22. The van der Waals surface area contributed by atoms with E-state index >= 15 is 0 Å². The average Bonchev–Trinajstić information content (AvgIpc) is 3.00. The Bertz CT molecular complexity index is 767. The predicted molar refractivity (Wildman–Crippen MR) is 84.7 cm³/mol. The smallest absolute Gasteiger partial charge is 0.347 e. The average molecular weight is 335 g/mol. The fraction of sp³-hybridized carbons (Fsp3) is 0.429. The van der Waals surface area contributed by atoms with E-state index in [1.165, 1.54) is 0 Å². The fourth-order valence-electron chi connectivity index (χ4n) is 2.61. The first-order valence-corrected chi connectivity index (χ1v) is 8.00. The number of amides is 1. The molecule has 0 bridgehead atoms. The zero-order valence-electron chi connectivity index (χ0n) is 12.9. The molecule has 0 saturated heterocycles. The molecule has 9 heteroatoms. The van der Waals surface area contributed by atoms with Crippen molar-refractivity contribution < 1.29 is 14.7 Å². The van der Waals surface area contributed by atoms with Crippen LogP contribution in [0.1, 0.15) is 26.8 Å². The lowest BCUT2D eigenvalue weighted by molar-refractivity contribution is -0.117. The second kappa shape index (κ2) is 6.09. The van der Waals surface area contributed by atoms with E-state index in [-0.39, 0.29) is 17.3 Å². The summed E-state index contributed by atoms with van der Waals surface area (Å²) in [5.41, 5.74) is 2.49. The molecule has 23 heavy (non-hydrogen) atoms. The first kappa shape index (κ1) is 15.6. The Morgan fingerprint density at radius 1 is 1.39 bits per heavy atom. The van der Waals surface area contributed by atoms with Crippen LogP contribution in [0.25, 0.3) is 0 Å². The van der Waals surface area contributed by atoms with Crippen LogP contribution in [0.2, 0.25) is 0 Å². The SMILES string of the molecule is Cc1cc2n(n1)CCN(CC(=O)Nc1nc(C)c(C(=O)O)s1)C2. The topological polar surface area (TPSA) is 100 Å². The third-order valence-electron chi connectivity index (χ3n) is 3.60. The maximum Gasteiger partial charge on any atom is 0.347 e. The van der Waals surface area contributed by atoms with Gasteiger partial charge in [-0.25, -0.2) is 9.78 Å². The van der Waals surface area contributed by atoms with E-state index in [4.69, 9.17) is 5.11 Å². The van der Waals surface area contributed by atoms with Crippen LogP contribution in [0.5, 0.6) is 0 Å². The number of nitrogens with zero attached hydrogens (tertiary/aromatic N) is 4. The van der Waals surface area contributed by atoms with E-state index in [0.29, 0.717) is 17.4 Å². The Hall–Kier alpha value is -2.26. The summed E-state index contributed by atoms with van der Waals surface area (Å²) in [6.07, 6.45) is 0. The van der Waals surface area contributed by atoms with Crippen molar-refractivity contribution >= 4 is 28.3 Å². The maximum atomic E-state index is 12.1. The van der Waals surface area contributed by atoms with Gasteiger partial charge >= 0.3 is 5.97 Å². The van der Waals surface area contributed by atoms with Crippen molar-refractivity contribution in [1.29, 1.82) is 0 Å². The molecular weight excluding hydrogens is 318 g/mol. The van der Waals surface area contributed by atoms with Gasteiger partial charge in [-0.2, -0.15) is 5.10 Å². The van der Waals surface area contributed by atoms with Gasteiger partial charge in [-0.3, -0.25) is 14.4 Å². The van der Waals surface area contributed by atoms with E-state index in [0.717, 1.165) is 35.8 Å². The van der Waals surface area contributed by atoms with Crippen molar-refractivity contribution in [2.24, 2.45) is 0 Å². The maximum absolute atomic E-state index is 12.1. The molecule has 3 heterocycles. The van der Waals surface area contributed by atoms with Gasteiger partial charge in [0.05, 0.1) is 30.2 Å². The van der Waals surface area contributed by atoms with Crippen LogP contribution in [0.15, 0.2) is 6.07 Å². The molecule has 0 unspecified atom stereocenters. The molecular formula is C14H17N5O3S. The standard InChI is InChI=1S/C14H17N5O3S/c1-8-5-10-6-18(3-4-19(10)17-8)7-11(20)16-14-15-9(2)12(23-14)13(21)22/h5H,3-4,6-7H2,1-2H3,(H,21,22)(H,15,16,20). The molecule has 1 amide bonds. The number of hydrogen-bond acceptors (Lipinski definition) is 6. The molecule has 0 aliphatic carbocycles. The Kier molecular flexibility index (Phi) is 4.14. The minimum Gasteiger partial charge on any atom is -0.477 e. The van der Waals surface area contributed by atoms with Gasteiger partial charge in [0, 0.05) is 13.1 Å². The van der Waals surface area contributed by atoms with Crippen LogP contribution in [0, 0.1) is 13.8 Å². The first-order valence-electron chi connectivity index (χ1n) is 7.18. The van der Waals surface area contributed by atoms with Crippen molar-refractivity contribution in [2.75, 3.05) is 18.4 Å². The number of aromatic nitrogens is 3. The summed E-state index contributed by atoms with van der Waals surface area (Å²) in [4.78, 5) is 29.4.